The standard InChI is InChI=1S/C55H53N4O2.Pt/c1-36(2)26-38-28-53(56-34-48(38)37-16-14-18-43(27-37)60-9)59-49-21-11-10-20-46(49)47-25-24-45(33-52(47)59)61-44-19-15-17-41(32-44)57-35-58(51-23-13-12-22-50(51)57)42-30-39(54(3,4)5)29-40(31-42)55(6,7)8;/h10-25,27-31,34-36H,26H2,1-9H3;/q-3;. The van der Waals surface area contributed by atoms with E-state index in [2.05, 4.69) is 186 Å². The molecule has 0 aliphatic carbocycles. The van der Waals surface area contributed by atoms with Gasteiger partial charge in [0.15, 0.2) is 0 Å². The molecule has 3 heterocycles. The number of ether oxygens (including phenoxy) is 2. The van der Waals surface area contributed by atoms with Crippen molar-refractivity contribution in [1.82, 2.24) is 9.55 Å². The van der Waals surface area contributed by atoms with Gasteiger partial charge in [0.25, 0.3) is 0 Å². The Morgan fingerprint density at radius 3 is 2.06 bits per heavy atom. The first kappa shape index (κ1) is 42.8. The van der Waals surface area contributed by atoms with Gasteiger partial charge in [0.05, 0.1) is 7.11 Å². The van der Waals surface area contributed by atoms with Crippen molar-refractivity contribution in [2.45, 2.75) is 72.6 Å². The van der Waals surface area contributed by atoms with E-state index in [0.717, 1.165) is 73.7 Å². The molecule has 0 amide bonds. The molecule has 0 bridgehead atoms. The van der Waals surface area contributed by atoms with Crippen LogP contribution in [0.5, 0.6) is 17.2 Å². The van der Waals surface area contributed by atoms with Crippen molar-refractivity contribution in [3.8, 4) is 34.2 Å². The number of fused-ring (bicyclic) bond motifs is 4. The van der Waals surface area contributed by atoms with Gasteiger partial charge in [-0.1, -0.05) is 109 Å². The number of anilines is 4. The predicted molar refractivity (Wildman–Crippen MR) is 252 cm³/mol. The molecule has 1 aliphatic heterocycles. The summed E-state index contributed by atoms with van der Waals surface area (Å²) in [6, 6.07) is 51.9. The monoisotopic (exact) mass is 996 g/mol. The number of nitrogens with zero attached hydrogens (tertiary/aromatic N) is 4. The summed E-state index contributed by atoms with van der Waals surface area (Å²) in [5, 5.41) is 2.21. The number of methoxy groups -OCH3 is 1. The van der Waals surface area contributed by atoms with Crippen molar-refractivity contribution in [2.75, 3.05) is 16.9 Å². The van der Waals surface area contributed by atoms with E-state index in [4.69, 9.17) is 14.5 Å². The summed E-state index contributed by atoms with van der Waals surface area (Å²) in [5.74, 6) is 3.32. The molecule has 0 N–H and O–H groups in total. The molecule has 0 atom stereocenters. The topological polar surface area (TPSA) is 42.8 Å². The summed E-state index contributed by atoms with van der Waals surface area (Å²) in [6.45, 7) is 20.4. The first-order valence-electron chi connectivity index (χ1n) is 21.2. The number of para-hydroxylation sites is 3. The molecule has 0 spiro atoms. The van der Waals surface area contributed by atoms with Gasteiger partial charge in [-0.05, 0) is 99.3 Å². The fourth-order valence-corrected chi connectivity index (χ4v) is 8.32. The van der Waals surface area contributed by atoms with Gasteiger partial charge in [0.1, 0.15) is 11.6 Å². The quantitative estimate of drug-likeness (QED) is 0.135. The van der Waals surface area contributed by atoms with Gasteiger partial charge in [-0.3, -0.25) is 0 Å². The Bertz CT molecular complexity index is 2890. The van der Waals surface area contributed by atoms with Crippen LogP contribution in [0.3, 0.4) is 0 Å². The summed E-state index contributed by atoms with van der Waals surface area (Å²) < 4.78 is 14.4. The first-order chi connectivity index (χ1) is 29.2. The molecule has 62 heavy (non-hydrogen) atoms. The molecular weight excluding hydrogens is 944 g/mol. The summed E-state index contributed by atoms with van der Waals surface area (Å²) in [7, 11) is 1.70. The molecule has 8 aromatic rings. The number of hydrogen-bond donors (Lipinski definition) is 0. The number of aromatic nitrogens is 2. The van der Waals surface area contributed by atoms with Crippen LogP contribution in [0.1, 0.15) is 72.1 Å². The second-order valence-corrected chi connectivity index (χ2v) is 18.6. The van der Waals surface area contributed by atoms with Crippen LogP contribution < -0.4 is 19.3 Å². The van der Waals surface area contributed by atoms with Crippen molar-refractivity contribution < 1.29 is 30.5 Å². The van der Waals surface area contributed by atoms with Crippen LogP contribution in [0.2, 0.25) is 0 Å². The average Bonchev–Trinajstić information content (AvgIpc) is 3.79. The van der Waals surface area contributed by atoms with Crippen molar-refractivity contribution in [3.05, 3.63) is 169 Å². The molecule has 2 aromatic heterocycles. The second-order valence-electron chi connectivity index (χ2n) is 18.6. The average molecular weight is 997 g/mol. The molecule has 0 unspecified atom stereocenters. The SMILES string of the molecule is COc1cccc(-c2cnc(-n3c4[c-]c(Oc5[c-]c(N6[CH-]N(c7cc(C(C)(C)C)cc(C(C)(C)C)c7)c7ccccc76)ccc5)ccc4c4ccccc43)cc2CC(C)C)c1.[Pt]. The third-order valence-corrected chi connectivity index (χ3v) is 11.6. The Kier molecular flexibility index (Phi) is 11.6. The van der Waals surface area contributed by atoms with E-state index in [1.807, 2.05) is 36.5 Å². The molecule has 0 saturated heterocycles. The smallest absolute Gasteiger partial charge is 0.135 e. The van der Waals surface area contributed by atoms with Gasteiger partial charge < -0.3 is 23.8 Å². The maximum absolute atomic E-state index is 6.64. The Labute approximate surface area is 381 Å². The first-order valence-corrected chi connectivity index (χ1v) is 21.2. The fraction of sp³-hybridized carbons (Fsp3) is 0.236. The third kappa shape index (κ3) is 8.26. The summed E-state index contributed by atoms with van der Waals surface area (Å²) in [6.07, 6.45) is 2.91. The van der Waals surface area contributed by atoms with Crippen molar-refractivity contribution >= 4 is 44.6 Å². The van der Waals surface area contributed by atoms with Crippen LogP contribution in [0, 0.1) is 24.7 Å². The van der Waals surface area contributed by atoms with Crippen molar-refractivity contribution in [1.29, 1.82) is 0 Å². The Morgan fingerprint density at radius 1 is 0.677 bits per heavy atom. The molecule has 7 heteroatoms. The van der Waals surface area contributed by atoms with Crippen molar-refractivity contribution in [2.24, 2.45) is 5.92 Å². The predicted octanol–water partition coefficient (Wildman–Crippen LogP) is 14.4. The minimum atomic E-state index is -0.00190. The van der Waals surface area contributed by atoms with Gasteiger partial charge in [-0.2, -0.15) is 12.1 Å². The zero-order valence-corrected chi connectivity index (χ0v) is 39.3. The molecule has 0 radical (unpaired) electrons. The second kappa shape index (κ2) is 16.8. The number of hydrogen-bond acceptors (Lipinski definition) is 5. The Morgan fingerprint density at radius 2 is 1.35 bits per heavy atom. The Hall–Kier alpha value is -5.84. The third-order valence-electron chi connectivity index (χ3n) is 11.6. The van der Waals surface area contributed by atoms with Gasteiger partial charge in [0, 0.05) is 66.9 Å². The van der Waals surface area contributed by atoms with E-state index < -0.39 is 0 Å². The van der Waals surface area contributed by atoms with Gasteiger partial charge in [-0.25, -0.2) is 4.98 Å². The van der Waals surface area contributed by atoms with E-state index in [1.54, 1.807) is 7.11 Å². The zero-order valence-electron chi connectivity index (χ0n) is 37.0. The molecule has 0 fully saturated rings. The van der Waals surface area contributed by atoms with Gasteiger partial charge >= 0.3 is 0 Å². The summed E-state index contributed by atoms with van der Waals surface area (Å²) in [5.41, 5.74) is 12.2. The minimum Gasteiger partial charge on any atom is -0.509 e. The van der Waals surface area contributed by atoms with Crippen molar-refractivity contribution in [3.63, 3.8) is 0 Å². The minimum absolute atomic E-state index is 0. The summed E-state index contributed by atoms with van der Waals surface area (Å²) >= 11 is 0. The normalized spacial score (nSPS) is 12.9. The van der Waals surface area contributed by atoms with E-state index in [9.17, 15) is 0 Å². The largest absolute Gasteiger partial charge is 0.509 e. The Balaban J connectivity index is 0.00000529. The van der Waals surface area contributed by atoms with Crippen LogP contribution in [-0.2, 0) is 38.3 Å². The number of rotatable bonds is 9. The molecule has 1 aliphatic rings. The molecular formula is C55H53N4O2Pt-3. The molecule has 318 valence electrons. The van der Waals surface area contributed by atoms with Crippen LogP contribution in [0.4, 0.5) is 22.7 Å². The van der Waals surface area contributed by atoms with Crippen LogP contribution >= 0.6 is 0 Å². The molecule has 6 aromatic carbocycles. The number of benzene rings is 6. The number of pyridine rings is 1. The van der Waals surface area contributed by atoms with Gasteiger partial charge in [-0.15, -0.1) is 48.1 Å². The molecule has 9 rings (SSSR count). The van der Waals surface area contributed by atoms with Crippen LogP contribution in [0.15, 0.2) is 134 Å². The van der Waals surface area contributed by atoms with Gasteiger partial charge in [0.2, 0.25) is 0 Å². The molecule has 6 nitrogen and oxygen atoms in total. The van der Waals surface area contributed by atoms with E-state index in [0.29, 0.717) is 17.4 Å². The maximum Gasteiger partial charge on any atom is 0.135 e. The van der Waals surface area contributed by atoms with Crippen LogP contribution in [0.25, 0.3) is 38.8 Å². The molecule has 0 saturated carbocycles. The fourth-order valence-electron chi connectivity index (χ4n) is 8.32. The van der Waals surface area contributed by atoms with E-state index in [-0.39, 0.29) is 31.9 Å². The van der Waals surface area contributed by atoms with E-state index >= 15 is 0 Å². The maximum atomic E-state index is 6.64. The van der Waals surface area contributed by atoms with E-state index in [1.165, 1.54) is 16.7 Å². The summed E-state index contributed by atoms with van der Waals surface area (Å²) in [4.78, 5) is 9.61. The van der Waals surface area contributed by atoms with Crippen LogP contribution in [-0.4, -0.2) is 16.7 Å². The zero-order chi connectivity index (χ0) is 42.6.